The highest BCUT2D eigenvalue weighted by atomic mass is 16.2. The van der Waals surface area contributed by atoms with Gasteiger partial charge in [-0.2, -0.15) is 0 Å². The molecule has 0 unspecified atom stereocenters. The number of amides is 2. The summed E-state index contributed by atoms with van der Waals surface area (Å²) in [7, 11) is 0. The molecule has 0 bridgehead atoms. The highest BCUT2D eigenvalue weighted by Crippen LogP contribution is 2.19. The number of hydrogen-bond acceptors (Lipinski definition) is 3. The van der Waals surface area contributed by atoms with Crippen LogP contribution in [0.15, 0.2) is 0 Å². The van der Waals surface area contributed by atoms with Gasteiger partial charge in [-0.05, 0) is 25.7 Å². The smallest absolute Gasteiger partial charge is 0.242 e. The van der Waals surface area contributed by atoms with Crippen molar-refractivity contribution in [2.75, 3.05) is 13.1 Å². The van der Waals surface area contributed by atoms with E-state index in [1.54, 1.807) is 0 Å². The molecule has 0 aromatic heterocycles. The maximum atomic E-state index is 12.4. The first-order valence-electron chi connectivity index (χ1n) is 7.34. The first-order valence-corrected chi connectivity index (χ1v) is 7.34. The van der Waals surface area contributed by atoms with E-state index in [2.05, 4.69) is 5.32 Å². The van der Waals surface area contributed by atoms with Crippen LogP contribution in [-0.2, 0) is 9.59 Å². The van der Waals surface area contributed by atoms with Gasteiger partial charge >= 0.3 is 0 Å². The van der Waals surface area contributed by atoms with Crippen LogP contribution in [-0.4, -0.2) is 41.4 Å². The van der Waals surface area contributed by atoms with Crippen LogP contribution in [0.4, 0.5) is 0 Å². The zero-order valence-corrected chi connectivity index (χ0v) is 12.4. The number of rotatable bonds is 5. The summed E-state index contributed by atoms with van der Waals surface area (Å²) in [5, 5.41) is 2.99. The lowest BCUT2D eigenvalue weighted by Gasteiger charge is -2.37. The first kappa shape index (κ1) is 16.0. The molecule has 1 aliphatic heterocycles. The Morgan fingerprint density at radius 1 is 1.21 bits per heavy atom. The third-order valence-corrected chi connectivity index (χ3v) is 4.16. The van der Waals surface area contributed by atoms with E-state index in [0.717, 1.165) is 12.8 Å². The fraction of sp³-hybridized carbons (Fsp3) is 0.857. The zero-order valence-electron chi connectivity index (χ0n) is 12.4. The summed E-state index contributed by atoms with van der Waals surface area (Å²) in [5.41, 5.74) is 5.42. The van der Waals surface area contributed by atoms with Gasteiger partial charge in [-0.25, -0.2) is 0 Å². The van der Waals surface area contributed by atoms with Crippen LogP contribution in [0.5, 0.6) is 0 Å². The van der Waals surface area contributed by atoms with Crippen molar-refractivity contribution in [2.24, 2.45) is 5.73 Å². The van der Waals surface area contributed by atoms with Crippen LogP contribution in [0, 0.1) is 0 Å². The van der Waals surface area contributed by atoms with E-state index in [0.29, 0.717) is 32.4 Å². The fourth-order valence-electron chi connectivity index (χ4n) is 2.42. The van der Waals surface area contributed by atoms with E-state index in [9.17, 15) is 9.59 Å². The molecule has 0 aromatic rings. The van der Waals surface area contributed by atoms with E-state index in [-0.39, 0.29) is 17.9 Å². The van der Waals surface area contributed by atoms with Crippen LogP contribution in [0.1, 0.15) is 52.9 Å². The van der Waals surface area contributed by atoms with Crippen molar-refractivity contribution in [1.29, 1.82) is 0 Å². The van der Waals surface area contributed by atoms with Gasteiger partial charge in [-0.3, -0.25) is 9.59 Å². The lowest BCUT2D eigenvalue weighted by Crippen LogP contribution is -2.57. The minimum Gasteiger partial charge on any atom is -0.353 e. The molecule has 1 rings (SSSR count). The number of likely N-dealkylation sites (tertiary alicyclic amines) is 1. The standard InChI is InChI=1S/C14H27N3O2/c1-4-12(18)16-11-7-9-17(10-8-11)13(19)14(15,5-2)6-3/h11H,4-10,15H2,1-3H3,(H,16,18). The number of carbonyl (C=O) groups excluding carboxylic acids is 2. The fourth-order valence-corrected chi connectivity index (χ4v) is 2.42. The predicted molar refractivity (Wildman–Crippen MR) is 75.5 cm³/mol. The Bertz CT molecular complexity index is 319. The molecular formula is C14H27N3O2. The summed E-state index contributed by atoms with van der Waals surface area (Å²) in [6.07, 6.45) is 3.47. The summed E-state index contributed by atoms with van der Waals surface area (Å²) in [6.45, 7) is 7.13. The summed E-state index contributed by atoms with van der Waals surface area (Å²) in [4.78, 5) is 25.6. The van der Waals surface area contributed by atoms with Gasteiger partial charge in [0.25, 0.3) is 0 Å². The number of hydrogen-bond donors (Lipinski definition) is 2. The number of nitrogens with two attached hydrogens (primary N) is 1. The molecular weight excluding hydrogens is 242 g/mol. The average Bonchev–Trinajstić information content (AvgIpc) is 2.46. The second-order valence-electron chi connectivity index (χ2n) is 5.35. The third-order valence-electron chi connectivity index (χ3n) is 4.16. The topological polar surface area (TPSA) is 75.4 Å². The Labute approximate surface area is 115 Å². The largest absolute Gasteiger partial charge is 0.353 e. The molecule has 3 N–H and O–H groups in total. The summed E-state index contributed by atoms with van der Waals surface area (Å²) >= 11 is 0. The van der Waals surface area contributed by atoms with Crippen LogP contribution >= 0.6 is 0 Å². The van der Waals surface area contributed by atoms with Crippen LogP contribution in [0.3, 0.4) is 0 Å². The average molecular weight is 269 g/mol. The van der Waals surface area contributed by atoms with Crippen molar-refractivity contribution in [3.63, 3.8) is 0 Å². The molecule has 19 heavy (non-hydrogen) atoms. The molecule has 1 aliphatic rings. The van der Waals surface area contributed by atoms with Gasteiger partial charge in [0.15, 0.2) is 0 Å². The molecule has 2 amide bonds. The number of nitrogens with one attached hydrogen (secondary N) is 1. The second kappa shape index (κ2) is 6.89. The van der Waals surface area contributed by atoms with Crippen LogP contribution in [0.25, 0.3) is 0 Å². The van der Waals surface area contributed by atoms with Gasteiger partial charge < -0.3 is 16.0 Å². The van der Waals surface area contributed by atoms with Gasteiger partial charge in [-0.15, -0.1) is 0 Å². The maximum Gasteiger partial charge on any atom is 0.242 e. The molecule has 0 saturated carbocycles. The number of piperidine rings is 1. The van der Waals surface area contributed by atoms with Crippen molar-refractivity contribution in [1.82, 2.24) is 10.2 Å². The zero-order chi connectivity index (χ0) is 14.5. The van der Waals surface area contributed by atoms with Gasteiger partial charge in [0.05, 0.1) is 5.54 Å². The van der Waals surface area contributed by atoms with Crippen molar-refractivity contribution in [2.45, 2.75) is 64.5 Å². The Morgan fingerprint density at radius 3 is 2.16 bits per heavy atom. The molecule has 0 aliphatic carbocycles. The summed E-state index contributed by atoms with van der Waals surface area (Å²) < 4.78 is 0. The molecule has 110 valence electrons. The quantitative estimate of drug-likeness (QED) is 0.782. The lowest BCUT2D eigenvalue weighted by molar-refractivity contribution is -0.138. The highest BCUT2D eigenvalue weighted by molar-refractivity contribution is 5.86. The molecule has 1 saturated heterocycles. The Balaban J connectivity index is 2.49. The Hall–Kier alpha value is -1.10. The molecule has 5 nitrogen and oxygen atoms in total. The third kappa shape index (κ3) is 3.93. The molecule has 1 heterocycles. The normalized spacial score (nSPS) is 17.4. The molecule has 5 heteroatoms. The lowest BCUT2D eigenvalue weighted by atomic mass is 9.91. The first-order chi connectivity index (χ1) is 8.96. The molecule has 0 spiro atoms. The van der Waals surface area contributed by atoms with E-state index in [1.807, 2.05) is 25.7 Å². The summed E-state index contributed by atoms with van der Waals surface area (Å²) in [6, 6.07) is 0.201. The van der Waals surface area contributed by atoms with E-state index < -0.39 is 5.54 Å². The van der Waals surface area contributed by atoms with Gasteiger partial charge in [0.2, 0.25) is 11.8 Å². The highest BCUT2D eigenvalue weighted by Gasteiger charge is 2.35. The van der Waals surface area contributed by atoms with Crippen molar-refractivity contribution < 1.29 is 9.59 Å². The van der Waals surface area contributed by atoms with Gasteiger partial charge in [0, 0.05) is 25.6 Å². The van der Waals surface area contributed by atoms with Crippen LogP contribution in [0.2, 0.25) is 0 Å². The molecule has 1 fully saturated rings. The SMILES string of the molecule is CCC(=O)NC1CCN(C(=O)C(N)(CC)CC)CC1. The number of nitrogens with zero attached hydrogens (tertiary/aromatic N) is 1. The van der Waals surface area contributed by atoms with E-state index >= 15 is 0 Å². The monoisotopic (exact) mass is 269 g/mol. The minimum absolute atomic E-state index is 0.0535. The molecule has 0 radical (unpaired) electrons. The van der Waals surface area contributed by atoms with E-state index in [1.165, 1.54) is 0 Å². The minimum atomic E-state index is -0.723. The second-order valence-corrected chi connectivity index (χ2v) is 5.35. The predicted octanol–water partition coefficient (Wildman–Crippen LogP) is 1.02. The Kier molecular flexibility index (Phi) is 5.79. The van der Waals surface area contributed by atoms with Crippen molar-refractivity contribution in [3.05, 3.63) is 0 Å². The van der Waals surface area contributed by atoms with Gasteiger partial charge in [-0.1, -0.05) is 20.8 Å². The Morgan fingerprint density at radius 2 is 1.74 bits per heavy atom. The summed E-state index contributed by atoms with van der Waals surface area (Å²) in [5.74, 6) is 0.137. The van der Waals surface area contributed by atoms with E-state index in [4.69, 9.17) is 5.73 Å². The van der Waals surface area contributed by atoms with Crippen LogP contribution < -0.4 is 11.1 Å². The van der Waals surface area contributed by atoms with Crippen molar-refractivity contribution >= 4 is 11.8 Å². The molecule has 0 atom stereocenters. The van der Waals surface area contributed by atoms with Crippen molar-refractivity contribution in [3.8, 4) is 0 Å². The number of carbonyl (C=O) groups is 2. The maximum absolute atomic E-state index is 12.4. The van der Waals surface area contributed by atoms with Gasteiger partial charge in [0.1, 0.15) is 0 Å². The molecule has 0 aromatic carbocycles.